The van der Waals surface area contributed by atoms with Gasteiger partial charge in [-0.2, -0.15) is 0 Å². The van der Waals surface area contributed by atoms with Crippen molar-refractivity contribution in [3.63, 3.8) is 0 Å². The molecular weight excluding hydrogens is 452 g/mol. The first-order valence-electron chi connectivity index (χ1n) is 12.1. The van der Waals surface area contributed by atoms with Crippen LogP contribution in [0, 0.1) is 6.92 Å². The molecule has 2 heterocycles. The second-order valence-electron chi connectivity index (χ2n) is 8.97. The number of nitrogens with one attached hydrogen (secondary N) is 1. The third-order valence-corrected chi connectivity index (χ3v) is 6.67. The highest BCUT2D eigenvalue weighted by molar-refractivity contribution is 6.46. The number of fused-ring (bicyclic) bond motifs is 1. The smallest absolute Gasteiger partial charge is 0.295 e. The van der Waals surface area contributed by atoms with Crippen LogP contribution in [0.15, 0.2) is 84.6 Å². The summed E-state index contributed by atoms with van der Waals surface area (Å²) in [7, 11) is 0. The molecule has 0 saturated carbocycles. The summed E-state index contributed by atoms with van der Waals surface area (Å²) < 4.78 is 5.57. The molecule has 1 amide bonds. The molecule has 6 heteroatoms. The van der Waals surface area contributed by atoms with E-state index >= 15 is 0 Å². The van der Waals surface area contributed by atoms with Crippen LogP contribution in [0.4, 0.5) is 0 Å². The van der Waals surface area contributed by atoms with Crippen molar-refractivity contribution in [2.45, 2.75) is 26.3 Å². The van der Waals surface area contributed by atoms with Gasteiger partial charge in [0.25, 0.3) is 11.7 Å². The third kappa shape index (κ3) is 4.26. The number of aromatic nitrogens is 1. The van der Waals surface area contributed by atoms with E-state index in [1.807, 2.05) is 80.7 Å². The Morgan fingerprint density at radius 1 is 1.00 bits per heavy atom. The number of nitrogens with zero attached hydrogens (tertiary/aromatic N) is 1. The molecule has 0 spiro atoms. The van der Waals surface area contributed by atoms with Crippen molar-refractivity contribution in [3.05, 3.63) is 107 Å². The van der Waals surface area contributed by atoms with Gasteiger partial charge in [0.2, 0.25) is 0 Å². The topological polar surface area (TPSA) is 82.6 Å². The zero-order chi connectivity index (χ0) is 25.2. The Hall–Kier alpha value is -4.32. The Kier molecular flexibility index (Phi) is 6.34. The zero-order valence-corrected chi connectivity index (χ0v) is 20.3. The van der Waals surface area contributed by atoms with E-state index in [9.17, 15) is 14.7 Å². The Labute approximate surface area is 209 Å². The van der Waals surface area contributed by atoms with Crippen LogP contribution < -0.4 is 4.74 Å². The number of carbonyl (C=O) groups excluding carboxylic acids is 2. The number of H-pyrrole nitrogens is 1. The average Bonchev–Trinajstić information content (AvgIpc) is 3.42. The van der Waals surface area contributed by atoms with Gasteiger partial charge < -0.3 is 19.7 Å². The number of aromatic amines is 1. The SMILES string of the molecule is CCOc1ccc(C2/C(=C(/O)c3ccc(C)cc3)C(=O)C(=O)N2CCc2c[nH]c3ccccc23)cc1. The number of para-hydroxylation sites is 1. The maximum Gasteiger partial charge on any atom is 0.295 e. The van der Waals surface area contributed by atoms with Crippen molar-refractivity contribution in [3.8, 4) is 5.75 Å². The molecule has 3 aromatic carbocycles. The summed E-state index contributed by atoms with van der Waals surface area (Å²) in [5.41, 5.74) is 4.48. The van der Waals surface area contributed by atoms with Gasteiger partial charge >= 0.3 is 0 Å². The fourth-order valence-electron chi connectivity index (χ4n) is 4.82. The fraction of sp³-hybridized carbons (Fsp3) is 0.200. The number of amides is 1. The third-order valence-electron chi connectivity index (χ3n) is 6.67. The maximum atomic E-state index is 13.3. The predicted molar refractivity (Wildman–Crippen MR) is 140 cm³/mol. The highest BCUT2D eigenvalue weighted by Crippen LogP contribution is 2.40. The van der Waals surface area contributed by atoms with E-state index in [0.29, 0.717) is 30.9 Å². The fourth-order valence-corrected chi connectivity index (χ4v) is 4.82. The summed E-state index contributed by atoms with van der Waals surface area (Å²) in [6.45, 7) is 4.73. The van der Waals surface area contributed by atoms with Crippen molar-refractivity contribution < 1.29 is 19.4 Å². The van der Waals surface area contributed by atoms with E-state index in [-0.39, 0.29) is 11.3 Å². The molecule has 5 rings (SSSR count). The number of hydrogen-bond acceptors (Lipinski definition) is 4. The molecule has 1 aliphatic heterocycles. The summed E-state index contributed by atoms with van der Waals surface area (Å²) in [5, 5.41) is 12.3. The minimum atomic E-state index is -0.702. The van der Waals surface area contributed by atoms with Crippen LogP contribution in [-0.2, 0) is 16.0 Å². The first-order chi connectivity index (χ1) is 17.5. The van der Waals surface area contributed by atoms with Crippen LogP contribution in [0.2, 0.25) is 0 Å². The van der Waals surface area contributed by atoms with E-state index in [4.69, 9.17) is 4.74 Å². The van der Waals surface area contributed by atoms with Gasteiger partial charge in [-0.1, -0.05) is 60.2 Å². The molecule has 1 aromatic heterocycles. The molecular formula is C30H28N2O4. The van der Waals surface area contributed by atoms with Gasteiger partial charge in [0.1, 0.15) is 11.5 Å². The van der Waals surface area contributed by atoms with Gasteiger partial charge in [-0.05, 0) is 49.6 Å². The minimum absolute atomic E-state index is 0.104. The molecule has 36 heavy (non-hydrogen) atoms. The summed E-state index contributed by atoms with van der Waals surface area (Å²) in [5.74, 6) is -0.745. The molecule has 0 radical (unpaired) electrons. The van der Waals surface area contributed by atoms with Gasteiger partial charge in [-0.15, -0.1) is 0 Å². The molecule has 1 atom stereocenters. The number of likely N-dealkylation sites (tertiary alicyclic amines) is 1. The van der Waals surface area contributed by atoms with Gasteiger partial charge in [0, 0.05) is 29.2 Å². The van der Waals surface area contributed by atoms with E-state index < -0.39 is 17.7 Å². The zero-order valence-electron chi connectivity index (χ0n) is 20.3. The van der Waals surface area contributed by atoms with E-state index in [1.165, 1.54) is 0 Å². The Balaban J connectivity index is 1.55. The maximum absolute atomic E-state index is 13.3. The van der Waals surface area contributed by atoms with Gasteiger partial charge in [0.15, 0.2) is 0 Å². The second-order valence-corrected chi connectivity index (χ2v) is 8.97. The van der Waals surface area contributed by atoms with Crippen molar-refractivity contribution >= 4 is 28.4 Å². The van der Waals surface area contributed by atoms with Gasteiger partial charge in [0.05, 0.1) is 18.2 Å². The lowest BCUT2D eigenvalue weighted by atomic mass is 9.95. The monoisotopic (exact) mass is 480 g/mol. The van der Waals surface area contributed by atoms with Crippen LogP contribution in [0.1, 0.15) is 35.2 Å². The molecule has 182 valence electrons. The van der Waals surface area contributed by atoms with Crippen LogP contribution in [-0.4, -0.2) is 39.8 Å². The molecule has 1 aliphatic rings. The number of carbonyl (C=O) groups is 2. The highest BCUT2D eigenvalue weighted by atomic mass is 16.5. The first kappa shape index (κ1) is 23.4. The minimum Gasteiger partial charge on any atom is -0.507 e. The van der Waals surface area contributed by atoms with Crippen molar-refractivity contribution in [2.75, 3.05) is 13.2 Å². The van der Waals surface area contributed by atoms with Gasteiger partial charge in [-0.25, -0.2) is 0 Å². The van der Waals surface area contributed by atoms with Crippen LogP contribution in [0.3, 0.4) is 0 Å². The quantitative estimate of drug-likeness (QED) is 0.207. The van der Waals surface area contributed by atoms with E-state index in [1.54, 1.807) is 17.0 Å². The van der Waals surface area contributed by atoms with Crippen LogP contribution in [0.25, 0.3) is 16.7 Å². The molecule has 0 bridgehead atoms. The molecule has 0 aliphatic carbocycles. The second kappa shape index (κ2) is 9.74. The Morgan fingerprint density at radius 2 is 1.72 bits per heavy atom. The van der Waals surface area contributed by atoms with E-state index in [0.717, 1.165) is 27.6 Å². The lowest BCUT2D eigenvalue weighted by Gasteiger charge is -2.25. The molecule has 2 N–H and O–H groups in total. The molecule has 1 fully saturated rings. The number of ether oxygens (including phenoxy) is 1. The standard InChI is InChI=1S/C30H28N2O4/c1-3-36-23-14-12-20(13-15-23)27-26(28(33)21-10-8-19(2)9-11-21)29(34)30(35)32(27)17-16-22-18-31-25-7-5-4-6-24(22)25/h4-15,18,27,31,33H,3,16-17H2,1-2H3/b28-26-. The summed E-state index contributed by atoms with van der Waals surface area (Å²) >= 11 is 0. The number of benzene rings is 3. The Morgan fingerprint density at radius 3 is 2.44 bits per heavy atom. The first-order valence-corrected chi connectivity index (χ1v) is 12.1. The number of aliphatic hydroxyl groups is 1. The highest BCUT2D eigenvalue weighted by Gasteiger charge is 2.45. The summed E-state index contributed by atoms with van der Waals surface area (Å²) in [6, 6.07) is 21.9. The summed E-state index contributed by atoms with van der Waals surface area (Å²) in [6.07, 6.45) is 2.51. The number of rotatable bonds is 7. The van der Waals surface area contributed by atoms with Crippen molar-refractivity contribution in [1.82, 2.24) is 9.88 Å². The van der Waals surface area contributed by atoms with Gasteiger partial charge in [-0.3, -0.25) is 9.59 Å². The van der Waals surface area contributed by atoms with Crippen LogP contribution >= 0.6 is 0 Å². The van der Waals surface area contributed by atoms with E-state index in [2.05, 4.69) is 4.98 Å². The Bertz CT molecular complexity index is 1450. The predicted octanol–water partition coefficient (Wildman–Crippen LogP) is 5.54. The summed E-state index contributed by atoms with van der Waals surface area (Å²) in [4.78, 5) is 31.4. The van der Waals surface area contributed by atoms with Crippen molar-refractivity contribution in [1.29, 1.82) is 0 Å². The number of aryl methyl sites for hydroxylation is 1. The normalized spacial score (nSPS) is 17.2. The largest absolute Gasteiger partial charge is 0.507 e. The van der Waals surface area contributed by atoms with Crippen molar-refractivity contribution in [2.24, 2.45) is 0 Å². The molecule has 4 aromatic rings. The number of aliphatic hydroxyl groups excluding tert-OH is 1. The number of ketones is 1. The number of hydrogen-bond donors (Lipinski definition) is 2. The molecule has 6 nitrogen and oxygen atoms in total. The molecule has 1 saturated heterocycles. The lowest BCUT2D eigenvalue weighted by Crippen LogP contribution is -2.31. The van der Waals surface area contributed by atoms with Crippen LogP contribution in [0.5, 0.6) is 5.75 Å². The average molecular weight is 481 g/mol. The number of Topliss-reactive ketones (excluding diaryl/α,β-unsaturated/α-hetero) is 1. The molecule has 1 unspecified atom stereocenters. The lowest BCUT2D eigenvalue weighted by molar-refractivity contribution is -0.139.